The fourth-order valence-corrected chi connectivity index (χ4v) is 3.12. The lowest BCUT2D eigenvalue weighted by atomic mass is 9.94. The van der Waals surface area contributed by atoms with Crippen LogP contribution in [0.1, 0.15) is 42.5 Å². The van der Waals surface area contributed by atoms with Crippen molar-refractivity contribution in [3.8, 4) is 0 Å². The summed E-state index contributed by atoms with van der Waals surface area (Å²) in [6.45, 7) is 0. The zero-order valence-electron chi connectivity index (χ0n) is 11.5. The number of rotatable bonds is 4. The van der Waals surface area contributed by atoms with Gasteiger partial charge >= 0.3 is 0 Å². The van der Waals surface area contributed by atoms with Crippen LogP contribution < -0.4 is 0 Å². The van der Waals surface area contributed by atoms with Crippen LogP contribution in [0.5, 0.6) is 0 Å². The van der Waals surface area contributed by atoms with E-state index in [2.05, 4.69) is 0 Å². The predicted molar refractivity (Wildman–Crippen MR) is 77.3 cm³/mol. The molecule has 1 amide bonds. The molecule has 0 saturated heterocycles. The van der Waals surface area contributed by atoms with E-state index in [4.69, 9.17) is 0 Å². The lowest BCUT2D eigenvalue weighted by Crippen LogP contribution is -2.38. The zero-order chi connectivity index (χ0) is 14.5. The van der Waals surface area contributed by atoms with Gasteiger partial charge in [-0.05, 0) is 37.1 Å². The Bertz CT molecular complexity index is 444. The molecule has 0 N–H and O–H groups in total. The van der Waals surface area contributed by atoms with Gasteiger partial charge in [0.15, 0.2) is 0 Å². The third-order valence-corrected chi connectivity index (χ3v) is 4.49. The van der Waals surface area contributed by atoms with E-state index in [-0.39, 0.29) is 5.91 Å². The van der Waals surface area contributed by atoms with Crippen LogP contribution in [0.15, 0.2) is 29.2 Å². The standard InChI is InChI=1S/C15H19F2NOS/c1-18(12-5-3-2-4-6-12)14(19)11-7-9-13(10-8-11)20-15(16)17/h7-10,12,15H,2-6H2,1H3. The zero-order valence-corrected chi connectivity index (χ0v) is 12.3. The van der Waals surface area contributed by atoms with Crippen LogP contribution in [-0.2, 0) is 0 Å². The molecule has 2 rings (SSSR count). The molecule has 2 nitrogen and oxygen atoms in total. The van der Waals surface area contributed by atoms with E-state index in [0.29, 0.717) is 28.3 Å². The van der Waals surface area contributed by atoms with Crippen molar-refractivity contribution in [1.29, 1.82) is 0 Å². The maximum Gasteiger partial charge on any atom is 0.288 e. The second-order valence-corrected chi connectivity index (χ2v) is 6.17. The average Bonchev–Trinajstić information content (AvgIpc) is 2.47. The third-order valence-electron chi connectivity index (χ3n) is 3.77. The number of thioether (sulfide) groups is 1. The highest BCUT2D eigenvalue weighted by Crippen LogP contribution is 2.26. The molecular weight excluding hydrogens is 280 g/mol. The van der Waals surface area contributed by atoms with Crippen molar-refractivity contribution in [2.24, 2.45) is 0 Å². The number of benzene rings is 1. The van der Waals surface area contributed by atoms with Crippen LogP contribution in [0.2, 0.25) is 0 Å². The second kappa shape index (κ2) is 7.07. The molecule has 1 aliphatic carbocycles. The summed E-state index contributed by atoms with van der Waals surface area (Å²) in [5, 5.41) is 0. The van der Waals surface area contributed by atoms with Crippen molar-refractivity contribution >= 4 is 17.7 Å². The molecule has 110 valence electrons. The molecule has 1 aliphatic rings. The largest absolute Gasteiger partial charge is 0.339 e. The topological polar surface area (TPSA) is 20.3 Å². The van der Waals surface area contributed by atoms with Gasteiger partial charge in [0.25, 0.3) is 11.7 Å². The van der Waals surface area contributed by atoms with E-state index in [1.54, 1.807) is 29.2 Å². The van der Waals surface area contributed by atoms with Crippen LogP contribution in [-0.4, -0.2) is 29.7 Å². The van der Waals surface area contributed by atoms with Gasteiger partial charge in [0.2, 0.25) is 0 Å². The number of hydrogen-bond acceptors (Lipinski definition) is 2. The molecule has 0 heterocycles. The van der Waals surface area contributed by atoms with Crippen molar-refractivity contribution in [2.75, 3.05) is 7.05 Å². The van der Waals surface area contributed by atoms with Crippen molar-refractivity contribution in [1.82, 2.24) is 4.90 Å². The molecule has 0 unspecified atom stereocenters. The van der Waals surface area contributed by atoms with Crippen molar-refractivity contribution in [3.63, 3.8) is 0 Å². The Kier molecular flexibility index (Phi) is 5.40. The molecular formula is C15H19F2NOS. The number of nitrogens with zero attached hydrogens (tertiary/aromatic N) is 1. The van der Waals surface area contributed by atoms with E-state index in [1.807, 2.05) is 7.05 Å². The minimum Gasteiger partial charge on any atom is -0.339 e. The van der Waals surface area contributed by atoms with Gasteiger partial charge in [0.1, 0.15) is 0 Å². The fourth-order valence-electron chi connectivity index (χ4n) is 2.62. The summed E-state index contributed by atoms with van der Waals surface area (Å²) in [5.74, 6) is -2.45. The second-order valence-electron chi connectivity index (χ2n) is 5.11. The average molecular weight is 299 g/mol. The first kappa shape index (κ1) is 15.3. The Balaban J connectivity index is 2.00. The molecule has 0 aromatic heterocycles. The summed E-state index contributed by atoms with van der Waals surface area (Å²) in [6, 6.07) is 6.74. The molecule has 1 fully saturated rings. The molecule has 0 atom stereocenters. The van der Waals surface area contributed by atoms with E-state index in [1.165, 1.54) is 19.3 Å². The minimum atomic E-state index is -2.43. The molecule has 1 aromatic rings. The van der Waals surface area contributed by atoms with Crippen LogP contribution >= 0.6 is 11.8 Å². The monoisotopic (exact) mass is 299 g/mol. The number of alkyl halides is 2. The first-order valence-electron chi connectivity index (χ1n) is 6.90. The minimum absolute atomic E-state index is 0.0227. The molecule has 1 aromatic carbocycles. The van der Waals surface area contributed by atoms with Crippen LogP contribution in [0.4, 0.5) is 8.78 Å². The van der Waals surface area contributed by atoms with Gasteiger partial charge in [-0.2, -0.15) is 8.78 Å². The molecule has 0 spiro atoms. The Morgan fingerprint density at radius 2 is 1.80 bits per heavy atom. The van der Waals surface area contributed by atoms with Crippen LogP contribution in [0, 0.1) is 0 Å². The Morgan fingerprint density at radius 3 is 2.35 bits per heavy atom. The first-order valence-corrected chi connectivity index (χ1v) is 7.78. The number of halogens is 2. The summed E-state index contributed by atoms with van der Waals surface area (Å²) >= 11 is 0.497. The quantitative estimate of drug-likeness (QED) is 0.768. The molecule has 5 heteroatoms. The van der Waals surface area contributed by atoms with Gasteiger partial charge in [0.05, 0.1) is 0 Å². The predicted octanol–water partition coefficient (Wildman–Crippen LogP) is 4.41. The Hall–Kier alpha value is -1.10. The SMILES string of the molecule is CN(C(=O)c1ccc(SC(F)F)cc1)C1CCCCC1. The van der Waals surface area contributed by atoms with Crippen LogP contribution in [0.3, 0.4) is 0 Å². The molecule has 1 saturated carbocycles. The molecule has 0 aliphatic heterocycles. The lowest BCUT2D eigenvalue weighted by Gasteiger charge is -2.31. The van der Waals surface area contributed by atoms with E-state index in [9.17, 15) is 13.6 Å². The van der Waals surface area contributed by atoms with Gasteiger partial charge in [-0.1, -0.05) is 31.0 Å². The maximum absolute atomic E-state index is 12.3. The van der Waals surface area contributed by atoms with E-state index in [0.717, 1.165) is 12.8 Å². The lowest BCUT2D eigenvalue weighted by molar-refractivity contribution is 0.0696. The first-order chi connectivity index (χ1) is 9.58. The van der Waals surface area contributed by atoms with Gasteiger partial charge in [-0.25, -0.2) is 0 Å². The van der Waals surface area contributed by atoms with Gasteiger partial charge in [-0.15, -0.1) is 0 Å². The number of hydrogen-bond donors (Lipinski definition) is 0. The van der Waals surface area contributed by atoms with E-state index >= 15 is 0 Å². The molecule has 20 heavy (non-hydrogen) atoms. The number of amides is 1. The van der Waals surface area contributed by atoms with Crippen molar-refractivity contribution in [2.45, 2.75) is 48.8 Å². The van der Waals surface area contributed by atoms with Crippen molar-refractivity contribution in [3.05, 3.63) is 29.8 Å². The number of carbonyl (C=O) groups excluding carboxylic acids is 1. The Labute approximate surface area is 122 Å². The van der Waals surface area contributed by atoms with Crippen molar-refractivity contribution < 1.29 is 13.6 Å². The maximum atomic E-state index is 12.3. The number of carbonyl (C=O) groups is 1. The normalized spacial score (nSPS) is 16.4. The summed E-state index contributed by atoms with van der Waals surface area (Å²) in [4.78, 5) is 14.6. The van der Waals surface area contributed by atoms with Gasteiger partial charge in [-0.3, -0.25) is 4.79 Å². The molecule has 0 bridgehead atoms. The summed E-state index contributed by atoms with van der Waals surface area (Å²) in [7, 11) is 1.83. The molecule has 0 radical (unpaired) electrons. The van der Waals surface area contributed by atoms with Gasteiger partial charge < -0.3 is 4.90 Å². The summed E-state index contributed by atoms with van der Waals surface area (Å²) < 4.78 is 24.5. The Morgan fingerprint density at radius 1 is 1.20 bits per heavy atom. The van der Waals surface area contributed by atoms with E-state index < -0.39 is 5.76 Å². The highest BCUT2D eigenvalue weighted by molar-refractivity contribution is 7.99. The smallest absolute Gasteiger partial charge is 0.288 e. The summed E-state index contributed by atoms with van der Waals surface area (Å²) in [6.07, 6.45) is 5.71. The van der Waals surface area contributed by atoms with Crippen LogP contribution in [0.25, 0.3) is 0 Å². The highest BCUT2D eigenvalue weighted by Gasteiger charge is 2.22. The highest BCUT2D eigenvalue weighted by atomic mass is 32.2. The summed E-state index contributed by atoms with van der Waals surface area (Å²) in [5.41, 5.74) is 0.566. The van der Waals surface area contributed by atoms with Gasteiger partial charge in [0, 0.05) is 23.5 Å². The fraction of sp³-hybridized carbons (Fsp3) is 0.533. The third kappa shape index (κ3) is 3.95.